The molecule has 2 N–H and O–H groups in total. The second-order valence-corrected chi connectivity index (χ2v) is 5.80. The van der Waals surface area contributed by atoms with Crippen molar-refractivity contribution in [2.45, 2.75) is 18.9 Å². The molecule has 2 aromatic carbocycles. The third-order valence-electron chi connectivity index (χ3n) is 3.48. The molecular formula is C16H15BrN2O. The van der Waals surface area contributed by atoms with Crippen molar-refractivity contribution in [2.75, 3.05) is 10.6 Å². The molecule has 0 aliphatic carbocycles. The quantitative estimate of drug-likeness (QED) is 0.878. The molecule has 1 aliphatic heterocycles. The van der Waals surface area contributed by atoms with Gasteiger partial charge in [-0.05, 0) is 48.7 Å². The zero-order valence-corrected chi connectivity index (χ0v) is 12.5. The molecule has 0 fully saturated rings. The van der Waals surface area contributed by atoms with Gasteiger partial charge < -0.3 is 10.6 Å². The van der Waals surface area contributed by atoms with Crippen LogP contribution in [0.4, 0.5) is 11.4 Å². The Morgan fingerprint density at radius 1 is 1.10 bits per heavy atom. The van der Waals surface area contributed by atoms with Gasteiger partial charge in [0, 0.05) is 15.8 Å². The summed E-state index contributed by atoms with van der Waals surface area (Å²) in [5.41, 5.74) is 3.08. The summed E-state index contributed by atoms with van der Waals surface area (Å²) in [4.78, 5) is 12.3. The summed E-state index contributed by atoms with van der Waals surface area (Å²) in [5.74, 6) is 0.0258. The number of rotatable bonds is 2. The maximum Gasteiger partial charge on any atom is 0.246 e. The Bertz CT molecular complexity index is 625. The van der Waals surface area contributed by atoms with E-state index in [2.05, 4.69) is 32.6 Å². The third-order valence-corrected chi connectivity index (χ3v) is 4.01. The smallest absolute Gasteiger partial charge is 0.246 e. The van der Waals surface area contributed by atoms with Gasteiger partial charge in [-0.3, -0.25) is 4.79 Å². The standard InChI is InChI=1S/C16H15BrN2O/c17-12-6-8-13(9-7-12)18-15-10-5-11-3-1-2-4-14(11)19-16(15)20/h1-4,6-9,15,18H,5,10H2,(H,19,20). The fourth-order valence-electron chi connectivity index (χ4n) is 2.40. The number of halogens is 1. The van der Waals surface area contributed by atoms with Crippen LogP contribution in [0.15, 0.2) is 53.0 Å². The average Bonchev–Trinajstić information content (AvgIpc) is 2.61. The van der Waals surface area contributed by atoms with E-state index in [9.17, 15) is 4.79 Å². The molecule has 20 heavy (non-hydrogen) atoms. The summed E-state index contributed by atoms with van der Waals surface area (Å²) >= 11 is 3.41. The highest BCUT2D eigenvalue weighted by atomic mass is 79.9. The molecule has 0 bridgehead atoms. The molecule has 2 aromatic rings. The number of benzene rings is 2. The van der Waals surface area contributed by atoms with Crippen LogP contribution < -0.4 is 10.6 Å². The first-order valence-corrected chi connectivity index (χ1v) is 7.42. The van der Waals surface area contributed by atoms with Gasteiger partial charge in [0.1, 0.15) is 6.04 Å². The molecule has 1 aliphatic rings. The van der Waals surface area contributed by atoms with Gasteiger partial charge in [-0.15, -0.1) is 0 Å². The predicted molar refractivity (Wildman–Crippen MR) is 84.9 cm³/mol. The van der Waals surface area contributed by atoms with Crippen LogP contribution in [0.5, 0.6) is 0 Å². The van der Waals surface area contributed by atoms with Crippen LogP contribution in [-0.4, -0.2) is 11.9 Å². The Kier molecular flexibility index (Phi) is 3.74. The van der Waals surface area contributed by atoms with Gasteiger partial charge in [0.2, 0.25) is 5.91 Å². The number of carbonyl (C=O) groups is 1. The van der Waals surface area contributed by atoms with Gasteiger partial charge in [-0.2, -0.15) is 0 Å². The maximum absolute atomic E-state index is 12.3. The molecule has 0 radical (unpaired) electrons. The Labute approximate surface area is 126 Å². The lowest BCUT2D eigenvalue weighted by Crippen LogP contribution is -2.33. The minimum absolute atomic E-state index is 0.0258. The zero-order chi connectivity index (χ0) is 13.9. The normalized spacial score (nSPS) is 17.9. The monoisotopic (exact) mass is 330 g/mol. The Balaban J connectivity index is 1.76. The first-order valence-electron chi connectivity index (χ1n) is 6.63. The highest BCUT2D eigenvalue weighted by molar-refractivity contribution is 9.10. The van der Waals surface area contributed by atoms with E-state index in [-0.39, 0.29) is 11.9 Å². The van der Waals surface area contributed by atoms with Crippen molar-refractivity contribution in [2.24, 2.45) is 0 Å². The molecular weight excluding hydrogens is 316 g/mol. The highest BCUT2D eigenvalue weighted by Crippen LogP contribution is 2.23. The minimum atomic E-state index is -0.205. The van der Waals surface area contributed by atoms with Gasteiger partial charge in [0.05, 0.1) is 0 Å². The van der Waals surface area contributed by atoms with Gasteiger partial charge in [0.25, 0.3) is 0 Å². The van der Waals surface area contributed by atoms with Crippen molar-refractivity contribution in [3.63, 3.8) is 0 Å². The van der Waals surface area contributed by atoms with Gasteiger partial charge in [-0.1, -0.05) is 34.1 Å². The van der Waals surface area contributed by atoms with E-state index < -0.39 is 0 Å². The highest BCUT2D eigenvalue weighted by Gasteiger charge is 2.23. The molecule has 1 amide bonds. The number of hydrogen-bond donors (Lipinski definition) is 2. The molecule has 3 nitrogen and oxygen atoms in total. The SMILES string of the molecule is O=C1Nc2ccccc2CCC1Nc1ccc(Br)cc1. The lowest BCUT2D eigenvalue weighted by molar-refractivity contribution is -0.116. The largest absolute Gasteiger partial charge is 0.374 e. The summed E-state index contributed by atoms with van der Waals surface area (Å²) in [6, 6.07) is 15.6. The van der Waals surface area contributed by atoms with E-state index >= 15 is 0 Å². The van der Waals surface area contributed by atoms with Crippen molar-refractivity contribution < 1.29 is 4.79 Å². The lowest BCUT2D eigenvalue weighted by Gasteiger charge is -2.16. The lowest BCUT2D eigenvalue weighted by atomic mass is 10.1. The van der Waals surface area contributed by atoms with E-state index in [0.717, 1.165) is 28.7 Å². The second-order valence-electron chi connectivity index (χ2n) is 4.89. The van der Waals surface area contributed by atoms with Gasteiger partial charge >= 0.3 is 0 Å². The Morgan fingerprint density at radius 3 is 2.65 bits per heavy atom. The topological polar surface area (TPSA) is 41.1 Å². The first-order chi connectivity index (χ1) is 9.72. The van der Waals surface area contributed by atoms with Crippen LogP contribution >= 0.6 is 15.9 Å². The van der Waals surface area contributed by atoms with Crippen LogP contribution in [0.1, 0.15) is 12.0 Å². The van der Waals surface area contributed by atoms with Crippen molar-refractivity contribution >= 4 is 33.2 Å². The summed E-state index contributed by atoms with van der Waals surface area (Å²) in [5, 5.41) is 6.29. The summed E-state index contributed by atoms with van der Waals surface area (Å²) < 4.78 is 1.03. The molecule has 1 atom stereocenters. The number of carbonyl (C=O) groups excluding carboxylic acids is 1. The Hall–Kier alpha value is -1.81. The maximum atomic E-state index is 12.3. The van der Waals surface area contributed by atoms with E-state index in [0.29, 0.717) is 0 Å². The number of aryl methyl sites for hydroxylation is 1. The van der Waals surface area contributed by atoms with Crippen LogP contribution in [0.25, 0.3) is 0 Å². The van der Waals surface area contributed by atoms with E-state index in [1.54, 1.807) is 0 Å². The zero-order valence-electron chi connectivity index (χ0n) is 10.9. The number of anilines is 2. The fourth-order valence-corrected chi connectivity index (χ4v) is 2.66. The summed E-state index contributed by atoms with van der Waals surface area (Å²) in [7, 11) is 0. The molecule has 0 saturated heterocycles. The van der Waals surface area contributed by atoms with E-state index in [4.69, 9.17) is 0 Å². The number of para-hydroxylation sites is 1. The van der Waals surface area contributed by atoms with Gasteiger partial charge in [0.15, 0.2) is 0 Å². The van der Waals surface area contributed by atoms with Crippen LogP contribution in [0.3, 0.4) is 0 Å². The number of hydrogen-bond acceptors (Lipinski definition) is 2. The van der Waals surface area contributed by atoms with Crippen LogP contribution in [0, 0.1) is 0 Å². The molecule has 1 heterocycles. The fraction of sp³-hybridized carbons (Fsp3) is 0.188. The minimum Gasteiger partial charge on any atom is -0.374 e. The first kappa shape index (κ1) is 13.2. The summed E-state index contributed by atoms with van der Waals surface area (Å²) in [6.07, 6.45) is 1.68. The molecule has 1 unspecified atom stereocenters. The van der Waals surface area contributed by atoms with Crippen molar-refractivity contribution in [1.82, 2.24) is 0 Å². The number of amides is 1. The van der Waals surface area contributed by atoms with E-state index in [1.807, 2.05) is 42.5 Å². The van der Waals surface area contributed by atoms with Crippen LogP contribution in [0.2, 0.25) is 0 Å². The Morgan fingerprint density at radius 2 is 1.85 bits per heavy atom. The van der Waals surface area contributed by atoms with E-state index in [1.165, 1.54) is 5.56 Å². The average molecular weight is 331 g/mol. The molecule has 102 valence electrons. The number of nitrogens with one attached hydrogen (secondary N) is 2. The third kappa shape index (κ3) is 2.85. The molecule has 3 rings (SSSR count). The second kappa shape index (κ2) is 5.67. The van der Waals surface area contributed by atoms with Crippen molar-refractivity contribution in [1.29, 1.82) is 0 Å². The number of fused-ring (bicyclic) bond motifs is 1. The molecule has 0 spiro atoms. The van der Waals surface area contributed by atoms with Crippen molar-refractivity contribution in [3.05, 3.63) is 58.6 Å². The molecule has 0 saturated carbocycles. The van der Waals surface area contributed by atoms with Gasteiger partial charge in [-0.25, -0.2) is 0 Å². The molecule has 0 aromatic heterocycles. The molecule has 4 heteroatoms. The predicted octanol–water partition coefficient (Wildman–Crippen LogP) is 3.81. The van der Waals surface area contributed by atoms with Crippen LogP contribution in [-0.2, 0) is 11.2 Å². The summed E-state index contributed by atoms with van der Waals surface area (Å²) in [6.45, 7) is 0. The van der Waals surface area contributed by atoms with Crippen molar-refractivity contribution in [3.8, 4) is 0 Å².